The Kier molecular flexibility index (Phi) is 9.47. The molecule has 0 fully saturated rings. The van der Waals surface area contributed by atoms with Crippen molar-refractivity contribution < 1.29 is 0 Å². The summed E-state index contributed by atoms with van der Waals surface area (Å²) in [5, 5.41) is 4.64. The summed E-state index contributed by atoms with van der Waals surface area (Å²) < 4.78 is 0. The first kappa shape index (κ1) is 13.5. The summed E-state index contributed by atoms with van der Waals surface area (Å²) in [6.07, 6.45) is 5.74. The summed E-state index contributed by atoms with van der Waals surface area (Å²) in [7, 11) is 0. The van der Waals surface area contributed by atoms with Gasteiger partial charge in [0.2, 0.25) is 0 Å². The smallest absolute Gasteiger partial charge is 0.0967 e. The second kappa shape index (κ2) is 9.10. The van der Waals surface area contributed by atoms with Crippen molar-refractivity contribution in [1.29, 1.82) is 0 Å². The van der Waals surface area contributed by atoms with E-state index < -0.39 is 0 Å². The quantitative estimate of drug-likeness (QED) is 0.494. The predicted octanol–water partition coefficient (Wildman–Crippen LogP) is 4.74. The molecule has 0 radical (unpaired) electrons. The van der Waals surface area contributed by atoms with Crippen molar-refractivity contribution in [3.8, 4) is 0 Å². The third kappa shape index (κ3) is 6.58. The van der Waals surface area contributed by atoms with Gasteiger partial charge in [0.25, 0.3) is 14.1 Å². The minimum atomic E-state index is -0.310. The third-order valence-corrected chi connectivity index (χ3v) is 7.01. The molecule has 0 aliphatic heterocycles. The van der Waals surface area contributed by atoms with Gasteiger partial charge in [-0.15, -0.1) is 0 Å². The molecule has 13 heavy (non-hydrogen) atoms. The molecular formula is C12H27Al. The molecule has 78 valence electrons. The van der Waals surface area contributed by atoms with Crippen LogP contribution in [0.3, 0.4) is 0 Å². The molecule has 0 aliphatic carbocycles. The molecule has 0 saturated carbocycles. The fraction of sp³-hybridized carbons (Fsp3) is 1.00. The number of rotatable bonds is 8. The number of hydrogen-bond acceptors (Lipinski definition) is 0. The zero-order chi connectivity index (χ0) is 10.1. The van der Waals surface area contributed by atoms with Crippen LogP contribution in [0, 0.1) is 5.92 Å². The normalized spacial score (nSPS) is 12.9. The highest BCUT2D eigenvalue weighted by atomic mass is 27.2. The van der Waals surface area contributed by atoms with Gasteiger partial charge in [0.05, 0.1) is 0 Å². The van der Waals surface area contributed by atoms with Crippen LogP contribution in [0.5, 0.6) is 0 Å². The van der Waals surface area contributed by atoms with Gasteiger partial charge in [0.15, 0.2) is 0 Å². The fourth-order valence-corrected chi connectivity index (χ4v) is 4.83. The Bertz CT molecular complexity index is 97.3. The molecule has 0 aromatic carbocycles. The van der Waals surface area contributed by atoms with Gasteiger partial charge >= 0.3 is 0 Å². The molecule has 0 spiro atoms. The monoisotopic (exact) mass is 198 g/mol. The van der Waals surface area contributed by atoms with Gasteiger partial charge in [-0.1, -0.05) is 75.1 Å². The summed E-state index contributed by atoms with van der Waals surface area (Å²) >= 11 is -0.310. The second-order valence-corrected chi connectivity index (χ2v) is 8.17. The van der Waals surface area contributed by atoms with Crippen molar-refractivity contribution in [1.82, 2.24) is 0 Å². The first-order valence-electron chi connectivity index (χ1n) is 6.28. The maximum atomic E-state index is 2.40. The highest BCUT2D eigenvalue weighted by molar-refractivity contribution is 6.58. The van der Waals surface area contributed by atoms with Crippen molar-refractivity contribution >= 4 is 14.1 Å². The van der Waals surface area contributed by atoms with Crippen molar-refractivity contribution in [2.24, 2.45) is 5.92 Å². The average Bonchev–Trinajstić information content (AvgIpc) is 2.19. The summed E-state index contributed by atoms with van der Waals surface area (Å²) in [5.41, 5.74) is 0. The molecule has 0 aromatic heterocycles. The molecular weight excluding hydrogens is 171 g/mol. The third-order valence-electron chi connectivity index (χ3n) is 3.36. The highest BCUT2D eigenvalue weighted by Gasteiger charge is 2.16. The van der Waals surface area contributed by atoms with E-state index in [1.54, 1.807) is 5.28 Å². The Morgan fingerprint density at radius 1 is 1.00 bits per heavy atom. The Morgan fingerprint density at radius 2 is 1.62 bits per heavy atom. The maximum absolute atomic E-state index is 2.40. The molecule has 1 unspecified atom stereocenters. The lowest BCUT2D eigenvalue weighted by Gasteiger charge is -2.17. The van der Waals surface area contributed by atoms with Gasteiger partial charge in [0.1, 0.15) is 0 Å². The zero-order valence-corrected chi connectivity index (χ0v) is 11.3. The maximum Gasteiger partial charge on any atom is 0.261 e. The van der Waals surface area contributed by atoms with Crippen LogP contribution in [0.4, 0.5) is 0 Å². The standard InChI is InChI=1S/C8H17.2C2H5.Al/c1-4-6-7-8(3)5-2;2*1-2;/h8H,3-7H2,1-2H3;2*1H2,2H3;. The van der Waals surface area contributed by atoms with Gasteiger partial charge in [0, 0.05) is 0 Å². The second-order valence-electron chi connectivity index (χ2n) is 4.33. The van der Waals surface area contributed by atoms with Gasteiger partial charge in [-0.25, -0.2) is 0 Å². The first-order valence-corrected chi connectivity index (χ1v) is 8.73. The Balaban J connectivity index is 3.67. The Morgan fingerprint density at radius 3 is 2.00 bits per heavy atom. The Hall–Kier alpha value is 0.532. The molecule has 0 heterocycles. The molecule has 0 aliphatic rings. The SMILES string of the molecule is CCCCC(CC)[CH2][Al]([CH2]C)[CH2]C. The molecule has 0 bridgehead atoms. The first-order chi connectivity index (χ1) is 6.28. The van der Waals surface area contributed by atoms with Crippen molar-refractivity contribution in [2.75, 3.05) is 0 Å². The zero-order valence-electron chi connectivity index (χ0n) is 10.1. The summed E-state index contributed by atoms with van der Waals surface area (Å²) in [6.45, 7) is 9.47. The van der Waals surface area contributed by atoms with Crippen LogP contribution in [0.2, 0.25) is 15.8 Å². The van der Waals surface area contributed by atoms with E-state index in [0.717, 1.165) is 5.92 Å². The van der Waals surface area contributed by atoms with E-state index >= 15 is 0 Å². The van der Waals surface area contributed by atoms with E-state index in [9.17, 15) is 0 Å². The van der Waals surface area contributed by atoms with E-state index in [2.05, 4.69) is 27.7 Å². The highest BCUT2D eigenvalue weighted by Crippen LogP contribution is 2.21. The van der Waals surface area contributed by atoms with E-state index in [1.165, 1.54) is 36.2 Å². The molecule has 0 rings (SSSR count). The summed E-state index contributed by atoms with van der Waals surface area (Å²) in [4.78, 5) is 0. The lowest BCUT2D eigenvalue weighted by molar-refractivity contribution is 0.487. The van der Waals surface area contributed by atoms with Crippen LogP contribution in [0.25, 0.3) is 0 Å². The van der Waals surface area contributed by atoms with Crippen molar-refractivity contribution in [3.63, 3.8) is 0 Å². The topological polar surface area (TPSA) is 0 Å². The van der Waals surface area contributed by atoms with Crippen LogP contribution >= 0.6 is 0 Å². The van der Waals surface area contributed by atoms with Crippen LogP contribution in [-0.2, 0) is 0 Å². The largest absolute Gasteiger partial charge is 0.261 e. The fourth-order valence-electron chi connectivity index (χ4n) is 2.07. The molecule has 0 amide bonds. The molecule has 1 heteroatoms. The minimum Gasteiger partial charge on any atom is -0.0967 e. The lowest BCUT2D eigenvalue weighted by atomic mass is 10.0. The van der Waals surface area contributed by atoms with E-state index in [1.807, 2.05) is 0 Å². The molecule has 0 saturated heterocycles. The van der Waals surface area contributed by atoms with E-state index in [-0.39, 0.29) is 14.1 Å². The summed E-state index contributed by atoms with van der Waals surface area (Å²) in [6, 6.07) is 0. The molecule has 0 N–H and O–H groups in total. The van der Waals surface area contributed by atoms with E-state index in [0.29, 0.717) is 0 Å². The van der Waals surface area contributed by atoms with Crippen LogP contribution in [0.1, 0.15) is 53.4 Å². The molecule has 0 nitrogen and oxygen atoms in total. The van der Waals surface area contributed by atoms with E-state index in [4.69, 9.17) is 0 Å². The number of hydrogen-bond donors (Lipinski definition) is 0. The van der Waals surface area contributed by atoms with Gasteiger partial charge < -0.3 is 0 Å². The average molecular weight is 198 g/mol. The minimum absolute atomic E-state index is 0.310. The number of unbranched alkanes of at least 4 members (excludes halogenated alkanes) is 1. The van der Waals surface area contributed by atoms with Gasteiger partial charge in [-0.05, 0) is 0 Å². The summed E-state index contributed by atoms with van der Waals surface area (Å²) in [5.74, 6) is 1.07. The lowest BCUT2D eigenvalue weighted by Crippen LogP contribution is -2.14. The van der Waals surface area contributed by atoms with Crippen LogP contribution in [-0.4, -0.2) is 14.1 Å². The van der Waals surface area contributed by atoms with Gasteiger partial charge in [-0.3, -0.25) is 0 Å². The van der Waals surface area contributed by atoms with Crippen molar-refractivity contribution in [2.45, 2.75) is 69.2 Å². The predicted molar refractivity (Wildman–Crippen MR) is 64.8 cm³/mol. The van der Waals surface area contributed by atoms with Crippen molar-refractivity contribution in [3.05, 3.63) is 0 Å². The Labute approximate surface area is 89.5 Å². The molecule has 1 atom stereocenters. The molecule has 0 aromatic rings. The van der Waals surface area contributed by atoms with Crippen LogP contribution < -0.4 is 0 Å². The van der Waals surface area contributed by atoms with Gasteiger partial charge in [-0.2, -0.15) is 0 Å². The van der Waals surface area contributed by atoms with Crippen LogP contribution in [0.15, 0.2) is 0 Å².